The maximum Gasteiger partial charge on any atom is 0.236 e. The molecular formula is C11H10N2O3S. The Morgan fingerprint density at radius 1 is 1.18 bits per heavy atom. The number of fused-ring (bicyclic) bond motifs is 1. The number of anilines is 1. The molecule has 0 aromatic carbocycles. The van der Waals surface area contributed by atoms with E-state index in [1.165, 1.54) is 16.2 Å². The standard InChI is InChI=1S/C11H10N2O3S/c14-6-4-9(16)13(5-6)11-12-7-2-1-3-8(15)10(7)17-11/h1-5H2. The first-order valence-electron chi connectivity index (χ1n) is 5.50. The van der Waals surface area contributed by atoms with Crippen molar-refractivity contribution in [3.63, 3.8) is 0 Å². The summed E-state index contributed by atoms with van der Waals surface area (Å²) in [6.45, 7) is 0.0966. The number of amides is 1. The number of rotatable bonds is 1. The molecule has 2 heterocycles. The van der Waals surface area contributed by atoms with E-state index in [1.54, 1.807) is 0 Å². The smallest absolute Gasteiger partial charge is 0.236 e. The van der Waals surface area contributed by atoms with Crippen molar-refractivity contribution < 1.29 is 14.4 Å². The third-order valence-corrected chi connectivity index (χ3v) is 4.13. The van der Waals surface area contributed by atoms with Crippen molar-refractivity contribution >= 4 is 33.9 Å². The van der Waals surface area contributed by atoms with E-state index in [-0.39, 0.29) is 30.4 Å². The molecule has 0 saturated carbocycles. The lowest BCUT2D eigenvalue weighted by atomic mass is 10.0. The van der Waals surface area contributed by atoms with Gasteiger partial charge in [-0.25, -0.2) is 4.98 Å². The Kier molecular flexibility index (Phi) is 2.32. The highest BCUT2D eigenvalue weighted by atomic mass is 32.1. The van der Waals surface area contributed by atoms with E-state index in [4.69, 9.17) is 0 Å². The molecular weight excluding hydrogens is 240 g/mol. The third-order valence-electron chi connectivity index (χ3n) is 2.97. The van der Waals surface area contributed by atoms with Crippen LogP contribution in [0.3, 0.4) is 0 Å². The fourth-order valence-corrected chi connectivity index (χ4v) is 3.23. The molecule has 0 atom stereocenters. The quantitative estimate of drug-likeness (QED) is 0.696. The number of aromatic nitrogens is 1. The maximum absolute atomic E-state index is 11.7. The average molecular weight is 250 g/mol. The van der Waals surface area contributed by atoms with Crippen LogP contribution >= 0.6 is 11.3 Å². The highest BCUT2D eigenvalue weighted by Crippen LogP contribution is 2.33. The topological polar surface area (TPSA) is 67.3 Å². The molecule has 6 heteroatoms. The summed E-state index contributed by atoms with van der Waals surface area (Å²) >= 11 is 1.24. The fourth-order valence-electron chi connectivity index (χ4n) is 2.13. The Hall–Kier alpha value is -1.56. The maximum atomic E-state index is 11.7. The van der Waals surface area contributed by atoms with E-state index in [2.05, 4.69) is 4.98 Å². The lowest BCUT2D eigenvalue weighted by Crippen LogP contribution is -2.24. The highest BCUT2D eigenvalue weighted by Gasteiger charge is 2.32. The normalized spacial score (nSPS) is 20.0. The zero-order valence-electron chi connectivity index (χ0n) is 9.06. The molecule has 1 aliphatic carbocycles. The molecule has 1 aliphatic heterocycles. The van der Waals surface area contributed by atoms with Crippen molar-refractivity contribution in [2.75, 3.05) is 11.4 Å². The molecule has 1 fully saturated rings. The molecule has 0 radical (unpaired) electrons. The van der Waals surface area contributed by atoms with Gasteiger partial charge in [-0.1, -0.05) is 11.3 Å². The molecule has 3 rings (SSSR count). The predicted molar refractivity (Wildman–Crippen MR) is 61.4 cm³/mol. The van der Waals surface area contributed by atoms with E-state index < -0.39 is 0 Å². The van der Waals surface area contributed by atoms with Crippen LogP contribution in [0.15, 0.2) is 0 Å². The van der Waals surface area contributed by atoms with Gasteiger partial charge < -0.3 is 0 Å². The fraction of sp³-hybridized carbons (Fsp3) is 0.455. The van der Waals surface area contributed by atoms with Crippen molar-refractivity contribution in [1.29, 1.82) is 0 Å². The van der Waals surface area contributed by atoms with E-state index in [0.29, 0.717) is 16.4 Å². The Balaban J connectivity index is 1.97. The minimum atomic E-state index is -0.214. The molecule has 5 nitrogen and oxygen atoms in total. The summed E-state index contributed by atoms with van der Waals surface area (Å²) in [5, 5.41) is 0.501. The van der Waals surface area contributed by atoms with Gasteiger partial charge in [0.2, 0.25) is 5.91 Å². The molecule has 1 amide bonds. The summed E-state index contributed by atoms with van der Waals surface area (Å²) in [6, 6.07) is 0. The van der Waals surface area contributed by atoms with E-state index in [0.717, 1.165) is 18.5 Å². The Bertz CT molecular complexity index is 535. The number of carbonyl (C=O) groups is 3. The van der Waals surface area contributed by atoms with Gasteiger partial charge in [0.25, 0.3) is 0 Å². The van der Waals surface area contributed by atoms with Gasteiger partial charge in [-0.2, -0.15) is 0 Å². The Morgan fingerprint density at radius 3 is 2.65 bits per heavy atom. The molecule has 1 aromatic rings. The second kappa shape index (κ2) is 3.73. The van der Waals surface area contributed by atoms with Gasteiger partial charge in [0.1, 0.15) is 0 Å². The number of Topliss-reactive ketones (excluding diaryl/α,β-unsaturated/α-hetero) is 2. The summed E-state index contributed by atoms with van der Waals surface area (Å²) < 4.78 is 0. The molecule has 17 heavy (non-hydrogen) atoms. The van der Waals surface area contributed by atoms with E-state index >= 15 is 0 Å². The van der Waals surface area contributed by atoms with Crippen LogP contribution in [0.4, 0.5) is 5.13 Å². The third kappa shape index (κ3) is 1.68. The number of nitrogens with zero attached hydrogens (tertiary/aromatic N) is 2. The van der Waals surface area contributed by atoms with Crippen LogP contribution in [0.25, 0.3) is 0 Å². The zero-order chi connectivity index (χ0) is 12.0. The van der Waals surface area contributed by atoms with Crippen LogP contribution in [0.2, 0.25) is 0 Å². The molecule has 2 aliphatic rings. The minimum absolute atomic E-state index is 0.0435. The monoisotopic (exact) mass is 250 g/mol. The highest BCUT2D eigenvalue weighted by molar-refractivity contribution is 7.17. The van der Waals surface area contributed by atoms with Crippen LogP contribution in [0.1, 0.15) is 34.6 Å². The van der Waals surface area contributed by atoms with Crippen LogP contribution in [0, 0.1) is 0 Å². The van der Waals surface area contributed by atoms with Crippen molar-refractivity contribution in [2.45, 2.75) is 25.7 Å². The van der Waals surface area contributed by atoms with Gasteiger partial charge in [0, 0.05) is 6.42 Å². The van der Waals surface area contributed by atoms with Crippen LogP contribution in [0.5, 0.6) is 0 Å². The first-order valence-corrected chi connectivity index (χ1v) is 6.32. The summed E-state index contributed by atoms with van der Waals surface area (Å²) in [5.41, 5.74) is 0.786. The average Bonchev–Trinajstić information content (AvgIpc) is 2.82. The van der Waals surface area contributed by atoms with Crippen molar-refractivity contribution in [2.24, 2.45) is 0 Å². The van der Waals surface area contributed by atoms with Gasteiger partial charge in [-0.05, 0) is 12.8 Å². The van der Waals surface area contributed by atoms with Gasteiger partial charge in [-0.3, -0.25) is 19.3 Å². The predicted octanol–water partition coefficient (Wildman–Crippen LogP) is 0.968. The summed E-state index contributed by atoms with van der Waals surface area (Å²) in [7, 11) is 0. The number of ketones is 2. The zero-order valence-corrected chi connectivity index (χ0v) is 9.88. The largest absolute Gasteiger partial charge is 0.297 e. The van der Waals surface area contributed by atoms with Gasteiger partial charge >= 0.3 is 0 Å². The number of carbonyl (C=O) groups excluding carboxylic acids is 3. The first kappa shape index (κ1) is 10.6. The van der Waals surface area contributed by atoms with Crippen LogP contribution in [-0.4, -0.2) is 29.0 Å². The van der Waals surface area contributed by atoms with Gasteiger partial charge in [-0.15, -0.1) is 0 Å². The minimum Gasteiger partial charge on any atom is -0.297 e. The Morgan fingerprint density at radius 2 is 2.00 bits per heavy atom. The van der Waals surface area contributed by atoms with Crippen molar-refractivity contribution in [3.05, 3.63) is 10.6 Å². The molecule has 1 aromatic heterocycles. The molecule has 1 saturated heterocycles. The second-order valence-corrected chi connectivity index (χ2v) is 5.22. The Labute approximate surface area is 101 Å². The van der Waals surface area contributed by atoms with Gasteiger partial charge in [0.05, 0.1) is 23.5 Å². The SMILES string of the molecule is O=C1CC(=O)N(c2nc3c(s2)C(=O)CCC3)C1. The van der Waals surface area contributed by atoms with Crippen LogP contribution < -0.4 is 4.90 Å². The molecule has 0 N–H and O–H groups in total. The van der Waals surface area contributed by atoms with E-state index in [9.17, 15) is 14.4 Å². The van der Waals surface area contributed by atoms with Crippen molar-refractivity contribution in [1.82, 2.24) is 4.98 Å². The number of aryl methyl sites for hydroxylation is 1. The second-order valence-electron chi connectivity index (χ2n) is 4.24. The molecule has 0 bridgehead atoms. The number of hydrogen-bond acceptors (Lipinski definition) is 5. The lowest BCUT2D eigenvalue weighted by Gasteiger charge is -2.08. The summed E-state index contributed by atoms with van der Waals surface area (Å²) in [6.07, 6.45) is 2.12. The molecule has 0 unspecified atom stereocenters. The number of thiazole rings is 1. The van der Waals surface area contributed by atoms with Crippen LogP contribution in [-0.2, 0) is 16.0 Å². The number of hydrogen-bond donors (Lipinski definition) is 0. The summed E-state index contributed by atoms with van der Waals surface area (Å²) in [5.74, 6) is -0.198. The van der Waals surface area contributed by atoms with E-state index in [1.807, 2.05) is 0 Å². The van der Waals surface area contributed by atoms with Crippen molar-refractivity contribution in [3.8, 4) is 0 Å². The molecule has 0 spiro atoms. The summed E-state index contributed by atoms with van der Waals surface area (Å²) in [4.78, 5) is 40.8. The van der Waals surface area contributed by atoms with Gasteiger partial charge in [0.15, 0.2) is 16.7 Å². The first-order chi connectivity index (χ1) is 8.15. The molecule has 88 valence electrons. The lowest BCUT2D eigenvalue weighted by molar-refractivity contribution is -0.121.